The first-order valence-electron chi connectivity index (χ1n) is 9.33. The second kappa shape index (κ2) is 8.20. The molecule has 0 spiro atoms. The highest BCUT2D eigenvalue weighted by atomic mass is 32.2. The number of nitrogens with one attached hydrogen (secondary N) is 1. The number of aromatic nitrogens is 2. The van der Waals surface area contributed by atoms with Crippen LogP contribution in [0.15, 0.2) is 24.3 Å². The van der Waals surface area contributed by atoms with Gasteiger partial charge in [-0.3, -0.25) is 4.79 Å². The van der Waals surface area contributed by atoms with E-state index >= 15 is 0 Å². The third kappa shape index (κ3) is 5.06. The molecule has 0 atom stereocenters. The van der Waals surface area contributed by atoms with Gasteiger partial charge in [-0.25, -0.2) is 13.4 Å². The number of hydrogen-bond acceptors (Lipinski definition) is 4. The molecule has 6 nitrogen and oxygen atoms in total. The Balaban J connectivity index is 1.78. The summed E-state index contributed by atoms with van der Waals surface area (Å²) in [5, 5.41) is 3.14. The Morgan fingerprint density at radius 2 is 1.81 bits per heavy atom. The number of carbonyl (C=O) groups is 1. The van der Waals surface area contributed by atoms with Gasteiger partial charge in [-0.1, -0.05) is 44.2 Å². The fraction of sp³-hybridized carbons (Fsp3) is 0.579. The summed E-state index contributed by atoms with van der Waals surface area (Å²) >= 11 is 0. The minimum atomic E-state index is -3.23. The number of nitrogens with zero attached hydrogens (tertiary/aromatic N) is 2. The lowest BCUT2D eigenvalue weighted by atomic mass is 9.97. The third-order valence-electron chi connectivity index (χ3n) is 4.90. The van der Waals surface area contributed by atoms with E-state index in [1.165, 1.54) is 25.5 Å². The predicted octanol–water partition coefficient (Wildman–Crippen LogP) is 2.81. The normalized spacial score (nSPS) is 17.0. The lowest BCUT2D eigenvalue weighted by Gasteiger charge is -2.21. The summed E-state index contributed by atoms with van der Waals surface area (Å²) in [7, 11) is -3.23. The van der Waals surface area contributed by atoms with E-state index in [1.54, 1.807) is 4.57 Å². The molecule has 0 aliphatic heterocycles. The summed E-state index contributed by atoms with van der Waals surface area (Å²) < 4.78 is 25.2. The van der Waals surface area contributed by atoms with E-state index in [1.807, 2.05) is 24.3 Å². The van der Waals surface area contributed by atoms with Crippen LogP contribution < -0.4 is 5.32 Å². The van der Waals surface area contributed by atoms with Crippen molar-refractivity contribution in [3.05, 3.63) is 30.1 Å². The van der Waals surface area contributed by atoms with Gasteiger partial charge < -0.3 is 9.88 Å². The molecule has 1 fully saturated rings. The van der Waals surface area contributed by atoms with Crippen LogP contribution in [0.1, 0.15) is 50.8 Å². The lowest BCUT2D eigenvalue weighted by Crippen LogP contribution is -2.37. The van der Waals surface area contributed by atoms with Crippen molar-refractivity contribution in [3.63, 3.8) is 0 Å². The van der Waals surface area contributed by atoms with E-state index in [0.717, 1.165) is 31.2 Å². The fourth-order valence-corrected chi connectivity index (χ4v) is 4.35. The highest BCUT2D eigenvalue weighted by molar-refractivity contribution is 7.89. The number of fused-ring (bicyclic) bond motifs is 1. The van der Waals surface area contributed by atoms with E-state index in [9.17, 15) is 13.2 Å². The topological polar surface area (TPSA) is 81.1 Å². The molecule has 0 bridgehead atoms. The molecule has 1 aliphatic rings. The van der Waals surface area contributed by atoms with Crippen LogP contribution in [0.3, 0.4) is 0 Å². The van der Waals surface area contributed by atoms with E-state index < -0.39 is 9.84 Å². The van der Waals surface area contributed by atoms with Crippen molar-refractivity contribution in [2.75, 3.05) is 6.26 Å². The van der Waals surface area contributed by atoms with Gasteiger partial charge in [-0.15, -0.1) is 0 Å². The van der Waals surface area contributed by atoms with Gasteiger partial charge in [0, 0.05) is 12.3 Å². The molecule has 1 saturated carbocycles. The van der Waals surface area contributed by atoms with Crippen molar-refractivity contribution in [3.8, 4) is 0 Å². The number of carbonyl (C=O) groups excluding carboxylic acids is 1. The molecule has 0 radical (unpaired) electrons. The maximum Gasteiger partial charge on any atom is 0.240 e. The minimum absolute atomic E-state index is 0.0755. The van der Waals surface area contributed by atoms with Crippen molar-refractivity contribution in [2.24, 2.45) is 0 Å². The molecule has 142 valence electrons. The number of rotatable bonds is 5. The van der Waals surface area contributed by atoms with E-state index in [2.05, 4.69) is 10.3 Å². The summed E-state index contributed by atoms with van der Waals surface area (Å²) in [6.07, 6.45) is 9.28. The Morgan fingerprint density at radius 1 is 1.15 bits per heavy atom. The Morgan fingerprint density at radius 3 is 2.50 bits per heavy atom. The zero-order valence-electron chi connectivity index (χ0n) is 15.3. The maximum atomic E-state index is 12.6. The molecular formula is C19H27N3O3S. The van der Waals surface area contributed by atoms with Gasteiger partial charge in [0.25, 0.3) is 0 Å². The quantitative estimate of drug-likeness (QED) is 0.869. The summed E-state index contributed by atoms with van der Waals surface area (Å²) in [6.45, 7) is 0.0991. The molecule has 1 aromatic heterocycles. The number of imidazole rings is 1. The van der Waals surface area contributed by atoms with Crippen LogP contribution in [-0.4, -0.2) is 36.2 Å². The molecule has 0 unspecified atom stereocenters. The first kappa shape index (κ1) is 18.9. The average Bonchev–Trinajstić information content (AvgIpc) is 2.85. The Kier molecular flexibility index (Phi) is 5.96. The lowest BCUT2D eigenvalue weighted by molar-refractivity contribution is -0.122. The van der Waals surface area contributed by atoms with Gasteiger partial charge in [0.15, 0.2) is 9.84 Å². The molecule has 1 aromatic carbocycles. The molecule has 26 heavy (non-hydrogen) atoms. The number of para-hydroxylation sites is 2. The largest absolute Gasteiger partial charge is 0.352 e. The third-order valence-corrected chi connectivity index (χ3v) is 5.68. The van der Waals surface area contributed by atoms with Gasteiger partial charge in [0.05, 0.1) is 11.0 Å². The van der Waals surface area contributed by atoms with Crippen molar-refractivity contribution >= 4 is 26.8 Å². The van der Waals surface area contributed by atoms with Crippen LogP contribution in [-0.2, 0) is 26.9 Å². The minimum Gasteiger partial charge on any atom is -0.352 e. The smallest absolute Gasteiger partial charge is 0.240 e. The van der Waals surface area contributed by atoms with Crippen molar-refractivity contribution in [2.45, 2.75) is 63.3 Å². The monoisotopic (exact) mass is 377 g/mol. The van der Waals surface area contributed by atoms with E-state index in [0.29, 0.717) is 11.3 Å². The van der Waals surface area contributed by atoms with E-state index in [-0.39, 0.29) is 24.2 Å². The highest BCUT2D eigenvalue weighted by Crippen LogP contribution is 2.19. The Bertz CT molecular complexity index is 865. The summed E-state index contributed by atoms with van der Waals surface area (Å²) in [5.74, 6) is 0.174. The first-order chi connectivity index (χ1) is 12.4. The summed E-state index contributed by atoms with van der Waals surface area (Å²) in [5.41, 5.74) is 1.50. The van der Waals surface area contributed by atoms with Gasteiger partial charge in [0.2, 0.25) is 5.91 Å². The molecule has 0 saturated heterocycles. The number of amides is 1. The Labute approximate surface area is 154 Å². The van der Waals surface area contributed by atoms with Crippen LogP contribution in [0.4, 0.5) is 0 Å². The van der Waals surface area contributed by atoms with Gasteiger partial charge in [0.1, 0.15) is 18.1 Å². The molecular weight excluding hydrogens is 350 g/mol. The predicted molar refractivity (Wildman–Crippen MR) is 103 cm³/mol. The number of hydrogen-bond donors (Lipinski definition) is 1. The second-order valence-electron chi connectivity index (χ2n) is 7.28. The molecule has 2 aromatic rings. The zero-order valence-corrected chi connectivity index (χ0v) is 16.1. The zero-order chi connectivity index (χ0) is 18.6. The van der Waals surface area contributed by atoms with Crippen molar-refractivity contribution in [1.29, 1.82) is 0 Å². The van der Waals surface area contributed by atoms with E-state index in [4.69, 9.17) is 0 Å². The Hall–Kier alpha value is -1.89. The molecule has 1 aliphatic carbocycles. The average molecular weight is 378 g/mol. The maximum absolute atomic E-state index is 12.6. The van der Waals surface area contributed by atoms with Crippen molar-refractivity contribution in [1.82, 2.24) is 14.9 Å². The number of benzene rings is 1. The second-order valence-corrected chi connectivity index (χ2v) is 9.42. The summed E-state index contributed by atoms with van der Waals surface area (Å²) in [6, 6.07) is 7.66. The fourth-order valence-electron chi connectivity index (χ4n) is 3.66. The molecule has 1 heterocycles. The molecule has 1 amide bonds. The van der Waals surface area contributed by atoms with Crippen LogP contribution in [0.2, 0.25) is 0 Å². The van der Waals surface area contributed by atoms with Crippen LogP contribution in [0.5, 0.6) is 0 Å². The number of sulfone groups is 1. The molecule has 1 N–H and O–H groups in total. The van der Waals surface area contributed by atoms with Crippen LogP contribution in [0.25, 0.3) is 11.0 Å². The SMILES string of the molecule is CS(=O)(=O)Cc1nc2ccccc2n1CC(=O)NC1CCCCCCC1. The standard InChI is InChI=1S/C19H27N3O3S/c1-26(24,25)14-18-21-16-11-7-8-12-17(16)22(18)13-19(23)20-15-9-5-3-2-4-6-10-15/h7-8,11-12,15H,2-6,9-10,13-14H2,1H3,(H,20,23). The molecule has 3 rings (SSSR count). The summed E-state index contributed by atoms with van der Waals surface area (Å²) in [4.78, 5) is 17.1. The van der Waals surface area contributed by atoms with Gasteiger partial charge in [-0.2, -0.15) is 0 Å². The van der Waals surface area contributed by atoms with Crippen LogP contribution in [0, 0.1) is 0 Å². The highest BCUT2D eigenvalue weighted by Gasteiger charge is 2.19. The molecule has 7 heteroatoms. The van der Waals surface area contributed by atoms with Crippen LogP contribution >= 0.6 is 0 Å². The van der Waals surface area contributed by atoms with Gasteiger partial charge >= 0.3 is 0 Å². The van der Waals surface area contributed by atoms with Gasteiger partial charge in [-0.05, 0) is 25.0 Å². The first-order valence-corrected chi connectivity index (χ1v) is 11.4. The van der Waals surface area contributed by atoms with Crippen molar-refractivity contribution < 1.29 is 13.2 Å².